The molecule has 1 aliphatic rings. The molecule has 1 aromatic heterocycles. The number of hydrogen-bond acceptors (Lipinski definition) is 3. The largest absolute Gasteiger partial charge is 0.417 e. The molecule has 1 saturated heterocycles. The summed E-state index contributed by atoms with van der Waals surface area (Å²) in [6, 6.07) is 2.47. The zero-order valence-electron chi connectivity index (χ0n) is 15.4. The van der Waals surface area contributed by atoms with Crippen molar-refractivity contribution in [2.75, 3.05) is 31.1 Å². The van der Waals surface area contributed by atoms with Crippen LogP contribution in [0.4, 0.5) is 19.0 Å². The smallest absolute Gasteiger partial charge is 0.355 e. The van der Waals surface area contributed by atoms with Crippen LogP contribution in [0.2, 0.25) is 0 Å². The van der Waals surface area contributed by atoms with Crippen molar-refractivity contribution in [3.05, 3.63) is 23.9 Å². The summed E-state index contributed by atoms with van der Waals surface area (Å²) in [5, 5.41) is 0. The molecule has 0 atom stereocenters. The molecular formula is C19H28F3N3O. The minimum absolute atomic E-state index is 0.184. The number of rotatable bonds is 7. The first-order valence-corrected chi connectivity index (χ1v) is 9.48. The van der Waals surface area contributed by atoms with Gasteiger partial charge in [0, 0.05) is 38.8 Å². The molecule has 0 unspecified atom stereocenters. The van der Waals surface area contributed by atoms with Gasteiger partial charge in [-0.2, -0.15) is 13.2 Å². The van der Waals surface area contributed by atoms with E-state index in [4.69, 9.17) is 0 Å². The average molecular weight is 371 g/mol. The fourth-order valence-corrected chi connectivity index (χ4v) is 3.17. The van der Waals surface area contributed by atoms with Crippen molar-refractivity contribution < 1.29 is 18.0 Å². The predicted octanol–water partition coefficient (Wildman–Crippen LogP) is 4.50. The van der Waals surface area contributed by atoms with E-state index < -0.39 is 11.7 Å². The highest BCUT2D eigenvalue weighted by Crippen LogP contribution is 2.29. The Morgan fingerprint density at radius 1 is 1.08 bits per heavy atom. The highest BCUT2D eigenvalue weighted by atomic mass is 19.4. The number of halogens is 3. The number of pyridine rings is 1. The quantitative estimate of drug-likeness (QED) is 0.662. The molecule has 7 heteroatoms. The van der Waals surface area contributed by atoms with E-state index in [1.807, 2.05) is 9.80 Å². The molecule has 0 spiro atoms. The Hall–Kier alpha value is -1.79. The highest BCUT2D eigenvalue weighted by Gasteiger charge is 2.31. The maximum Gasteiger partial charge on any atom is 0.417 e. The molecular weight excluding hydrogens is 343 g/mol. The van der Waals surface area contributed by atoms with Crippen LogP contribution >= 0.6 is 0 Å². The summed E-state index contributed by atoms with van der Waals surface area (Å²) >= 11 is 0. The second kappa shape index (κ2) is 9.78. The van der Waals surface area contributed by atoms with Crippen molar-refractivity contribution in [2.45, 2.75) is 58.0 Å². The van der Waals surface area contributed by atoms with Gasteiger partial charge in [0.2, 0.25) is 5.91 Å². The maximum absolute atomic E-state index is 12.6. The van der Waals surface area contributed by atoms with Crippen molar-refractivity contribution in [3.63, 3.8) is 0 Å². The van der Waals surface area contributed by atoms with Gasteiger partial charge in [-0.3, -0.25) is 4.79 Å². The normalized spacial score (nSPS) is 15.8. The summed E-state index contributed by atoms with van der Waals surface area (Å²) in [4.78, 5) is 20.1. The third-order valence-electron chi connectivity index (χ3n) is 4.74. The molecule has 0 bridgehead atoms. The predicted molar refractivity (Wildman–Crippen MR) is 96.0 cm³/mol. The van der Waals surface area contributed by atoms with Crippen LogP contribution in [-0.4, -0.2) is 42.0 Å². The first kappa shape index (κ1) is 20.5. The highest BCUT2D eigenvalue weighted by molar-refractivity contribution is 5.76. The number of anilines is 1. The van der Waals surface area contributed by atoms with Crippen LogP contribution in [0.1, 0.15) is 57.4 Å². The van der Waals surface area contributed by atoms with Crippen molar-refractivity contribution in [3.8, 4) is 0 Å². The zero-order valence-corrected chi connectivity index (χ0v) is 15.4. The van der Waals surface area contributed by atoms with Crippen molar-refractivity contribution in [2.24, 2.45) is 0 Å². The molecule has 1 aromatic rings. The van der Waals surface area contributed by atoms with Gasteiger partial charge in [0.1, 0.15) is 5.82 Å². The Labute approximate surface area is 153 Å². The van der Waals surface area contributed by atoms with E-state index in [2.05, 4.69) is 11.9 Å². The lowest BCUT2D eigenvalue weighted by Gasteiger charge is -2.23. The number of amides is 1. The van der Waals surface area contributed by atoms with E-state index >= 15 is 0 Å². The van der Waals surface area contributed by atoms with Gasteiger partial charge in [0.25, 0.3) is 0 Å². The summed E-state index contributed by atoms with van der Waals surface area (Å²) in [6.45, 7) is 4.75. The Kier molecular flexibility index (Phi) is 7.72. The molecule has 0 N–H and O–H groups in total. The van der Waals surface area contributed by atoms with Crippen LogP contribution < -0.4 is 4.90 Å². The lowest BCUT2D eigenvalue weighted by Crippen LogP contribution is -2.35. The third kappa shape index (κ3) is 6.18. The van der Waals surface area contributed by atoms with Gasteiger partial charge in [0.15, 0.2) is 0 Å². The minimum Gasteiger partial charge on any atom is -0.355 e. The number of carbonyl (C=O) groups is 1. The Morgan fingerprint density at radius 2 is 1.85 bits per heavy atom. The van der Waals surface area contributed by atoms with Crippen LogP contribution in [0.15, 0.2) is 18.3 Å². The van der Waals surface area contributed by atoms with E-state index in [0.29, 0.717) is 38.4 Å². The summed E-state index contributed by atoms with van der Waals surface area (Å²) in [5.41, 5.74) is -0.740. The number of carbonyl (C=O) groups excluding carboxylic acids is 1. The van der Waals surface area contributed by atoms with Crippen molar-refractivity contribution in [1.82, 2.24) is 9.88 Å². The van der Waals surface area contributed by atoms with Gasteiger partial charge >= 0.3 is 6.18 Å². The van der Waals surface area contributed by atoms with E-state index in [-0.39, 0.29) is 5.91 Å². The van der Waals surface area contributed by atoms with Gasteiger partial charge in [-0.05, 0) is 25.0 Å². The number of hydrogen-bond donors (Lipinski definition) is 0. The maximum atomic E-state index is 12.6. The molecule has 26 heavy (non-hydrogen) atoms. The molecule has 0 aromatic carbocycles. The van der Waals surface area contributed by atoms with Gasteiger partial charge in [-0.15, -0.1) is 0 Å². The third-order valence-corrected chi connectivity index (χ3v) is 4.74. The van der Waals surface area contributed by atoms with Gasteiger partial charge in [-0.1, -0.05) is 32.6 Å². The number of unbranched alkanes of at least 4 members (excludes halogenated alkanes) is 4. The van der Waals surface area contributed by atoms with E-state index in [1.54, 1.807) is 0 Å². The van der Waals surface area contributed by atoms with Crippen molar-refractivity contribution >= 4 is 11.7 Å². The second-order valence-electron chi connectivity index (χ2n) is 6.79. The molecule has 1 fully saturated rings. The first-order chi connectivity index (χ1) is 12.4. The molecule has 0 saturated carbocycles. The van der Waals surface area contributed by atoms with E-state index in [0.717, 1.165) is 31.5 Å². The van der Waals surface area contributed by atoms with E-state index in [1.165, 1.54) is 25.3 Å². The first-order valence-electron chi connectivity index (χ1n) is 9.48. The lowest BCUT2D eigenvalue weighted by molar-refractivity contribution is -0.137. The molecule has 146 valence electrons. The summed E-state index contributed by atoms with van der Waals surface area (Å²) < 4.78 is 37.9. The number of nitrogens with zero attached hydrogens (tertiary/aromatic N) is 3. The molecule has 0 aliphatic carbocycles. The summed E-state index contributed by atoms with van der Waals surface area (Å²) in [7, 11) is 0. The van der Waals surface area contributed by atoms with Gasteiger partial charge in [-0.25, -0.2) is 4.98 Å². The summed E-state index contributed by atoms with van der Waals surface area (Å²) in [6.07, 6.45) is 3.49. The van der Waals surface area contributed by atoms with Crippen molar-refractivity contribution in [1.29, 1.82) is 0 Å². The standard InChI is InChI=1S/C19H28F3N3O/c1-2-3-4-5-6-8-18(26)25-12-7-11-24(13-14-25)17-10-9-16(15-23-17)19(20,21)22/h9-10,15H,2-8,11-14H2,1H3. The van der Waals surface area contributed by atoms with E-state index in [9.17, 15) is 18.0 Å². The fraction of sp³-hybridized carbons (Fsp3) is 0.684. The number of aromatic nitrogens is 1. The fourth-order valence-electron chi connectivity index (χ4n) is 3.17. The molecule has 4 nitrogen and oxygen atoms in total. The Balaban J connectivity index is 1.83. The molecule has 1 amide bonds. The van der Waals surface area contributed by atoms with Crippen LogP contribution in [0, 0.1) is 0 Å². The second-order valence-corrected chi connectivity index (χ2v) is 6.79. The van der Waals surface area contributed by atoms with Crippen LogP contribution in [-0.2, 0) is 11.0 Å². The van der Waals surface area contributed by atoms with Crippen LogP contribution in [0.25, 0.3) is 0 Å². The molecule has 2 heterocycles. The molecule has 2 rings (SSSR count). The van der Waals surface area contributed by atoms with Crippen LogP contribution in [0.5, 0.6) is 0 Å². The minimum atomic E-state index is -4.37. The molecule has 1 aliphatic heterocycles. The summed E-state index contributed by atoms with van der Waals surface area (Å²) in [5.74, 6) is 0.718. The average Bonchev–Trinajstić information content (AvgIpc) is 2.87. The zero-order chi connectivity index (χ0) is 19.0. The van der Waals surface area contributed by atoms with Gasteiger partial charge < -0.3 is 9.80 Å². The SMILES string of the molecule is CCCCCCCC(=O)N1CCCN(c2ccc(C(F)(F)F)cn2)CC1. The molecule has 0 radical (unpaired) electrons. The Bertz CT molecular complexity index is 560. The number of alkyl halides is 3. The monoisotopic (exact) mass is 371 g/mol. The van der Waals surface area contributed by atoms with Crippen LogP contribution in [0.3, 0.4) is 0 Å². The van der Waals surface area contributed by atoms with Gasteiger partial charge in [0.05, 0.1) is 5.56 Å². The lowest BCUT2D eigenvalue weighted by atomic mass is 10.1. The topological polar surface area (TPSA) is 36.4 Å². The Morgan fingerprint density at radius 3 is 2.50 bits per heavy atom.